The van der Waals surface area contributed by atoms with Gasteiger partial charge in [0.2, 0.25) is 5.91 Å². The highest BCUT2D eigenvalue weighted by Gasteiger charge is 2.13. The van der Waals surface area contributed by atoms with Crippen LogP contribution in [0.25, 0.3) is 0 Å². The molecule has 23 heavy (non-hydrogen) atoms. The molecule has 3 amide bonds. The minimum absolute atomic E-state index is 0.0434. The Bertz CT molecular complexity index is 687. The summed E-state index contributed by atoms with van der Waals surface area (Å²) in [6.07, 6.45) is 0.0434. The SMILES string of the molecule is Cc1csc(C(C)NC(=O)NNC(=O)Cc2ccc(F)cc2)n1. The molecule has 1 unspecified atom stereocenters. The maximum Gasteiger partial charge on any atom is 0.334 e. The summed E-state index contributed by atoms with van der Waals surface area (Å²) in [6, 6.07) is 4.80. The maximum absolute atomic E-state index is 12.8. The van der Waals surface area contributed by atoms with Gasteiger partial charge in [0.15, 0.2) is 0 Å². The first-order chi connectivity index (χ1) is 10.9. The average Bonchev–Trinajstić information content (AvgIpc) is 2.94. The molecule has 0 bridgehead atoms. The van der Waals surface area contributed by atoms with Crippen LogP contribution >= 0.6 is 11.3 Å². The van der Waals surface area contributed by atoms with Gasteiger partial charge in [-0.15, -0.1) is 11.3 Å². The average molecular weight is 336 g/mol. The van der Waals surface area contributed by atoms with Crippen molar-refractivity contribution < 1.29 is 14.0 Å². The summed E-state index contributed by atoms with van der Waals surface area (Å²) in [7, 11) is 0. The number of urea groups is 1. The zero-order chi connectivity index (χ0) is 16.8. The molecule has 2 rings (SSSR count). The van der Waals surface area contributed by atoms with Crippen molar-refractivity contribution in [3.05, 3.63) is 51.7 Å². The molecule has 1 heterocycles. The van der Waals surface area contributed by atoms with Crippen LogP contribution in [-0.2, 0) is 11.2 Å². The highest BCUT2D eigenvalue weighted by molar-refractivity contribution is 7.09. The first-order valence-corrected chi connectivity index (χ1v) is 7.84. The van der Waals surface area contributed by atoms with Crippen LogP contribution in [0.5, 0.6) is 0 Å². The number of aryl methyl sites for hydroxylation is 1. The Morgan fingerprint density at radius 3 is 2.57 bits per heavy atom. The van der Waals surface area contributed by atoms with E-state index in [4.69, 9.17) is 0 Å². The number of halogens is 1. The highest BCUT2D eigenvalue weighted by atomic mass is 32.1. The lowest BCUT2D eigenvalue weighted by Gasteiger charge is -2.13. The molecule has 8 heteroatoms. The summed E-state index contributed by atoms with van der Waals surface area (Å²) in [5, 5.41) is 5.36. The largest absolute Gasteiger partial charge is 0.334 e. The topological polar surface area (TPSA) is 83.1 Å². The summed E-state index contributed by atoms with van der Waals surface area (Å²) in [5.41, 5.74) is 6.12. The number of carbonyl (C=O) groups is 2. The zero-order valence-electron chi connectivity index (χ0n) is 12.7. The van der Waals surface area contributed by atoms with Crippen LogP contribution < -0.4 is 16.2 Å². The Balaban J connectivity index is 1.75. The fourth-order valence-corrected chi connectivity index (χ4v) is 2.63. The standard InChI is InChI=1S/C15H17FN4O2S/c1-9-8-23-14(17-9)10(2)18-15(22)20-19-13(21)7-11-3-5-12(16)6-4-11/h3-6,8,10H,7H2,1-2H3,(H,19,21)(H2,18,20,22). The predicted octanol–water partition coefficient (Wildman–Crippen LogP) is 2.22. The second-order valence-electron chi connectivity index (χ2n) is 5.00. The summed E-state index contributed by atoms with van der Waals surface area (Å²) >= 11 is 1.46. The van der Waals surface area contributed by atoms with Gasteiger partial charge in [-0.1, -0.05) is 12.1 Å². The molecule has 0 aliphatic carbocycles. The molecule has 1 aromatic carbocycles. The van der Waals surface area contributed by atoms with Crippen LogP contribution in [0.1, 0.15) is 29.2 Å². The molecule has 0 aliphatic heterocycles. The Labute approximate surface area is 137 Å². The van der Waals surface area contributed by atoms with Crippen molar-refractivity contribution in [3.8, 4) is 0 Å². The molecular weight excluding hydrogens is 319 g/mol. The lowest BCUT2D eigenvalue weighted by Crippen LogP contribution is -2.47. The van der Waals surface area contributed by atoms with Crippen molar-refractivity contribution in [3.63, 3.8) is 0 Å². The van der Waals surface area contributed by atoms with Gasteiger partial charge in [-0.2, -0.15) is 0 Å². The molecule has 0 aliphatic rings. The number of carbonyl (C=O) groups excluding carboxylic acids is 2. The van der Waals surface area contributed by atoms with Gasteiger partial charge in [-0.25, -0.2) is 19.6 Å². The van der Waals surface area contributed by atoms with E-state index in [1.807, 2.05) is 12.3 Å². The molecule has 0 spiro atoms. The van der Waals surface area contributed by atoms with Gasteiger partial charge in [0.1, 0.15) is 10.8 Å². The van der Waals surface area contributed by atoms with Crippen molar-refractivity contribution in [2.24, 2.45) is 0 Å². The fraction of sp³-hybridized carbons (Fsp3) is 0.267. The summed E-state index contributed by atoms with van der Waals surface area (Å²) in [4.78, 5) is 27.7. The van der Waals surface area contributed by atoms with Gasteiger partial charge < -0.3 is 5.32 Å². The minimum atomic E-state index is -0.530. The number of aromatic nitrogens is 1. The number of nitrogens with zero attached hydrogens (tertiary/aromatic N) is 1. The van der Waals surface area contributed by atoms with E-state index in [1.165, 1.54) is 35.6 Å². The molecule has 0 saturated heterocycles. The lowest BCUT2D eigenvalue weighted by molar-refractivity contribution is -0.121. The van der Waals surface area contributed by atoms with E-state index in [1.54, 1.807) is 6.92 Å². The maximum atomic E-state index is 12.8. The monoisotopic (exact) mass is 336 g/mol. The van der Waals surface area contributed by atoms with Crippen molar-refractivity contribution in [2.75, 3.05) is 0 Å². The molecule has 1 atom stereocenters. The molecule has 1 aromatic heterocycles. The van der Waals surface area contributed by atoms with Crippen LogP contribution in [-0.4, -0.2) is 16.9 Å². The Morgan fingerprint density at radius 1 is 1.26 bits per heavy atom. The number of benzene rings is 1. The van der Waals surface area contributed by atoms with E-state index in [-0.39, 0.29) is 18.3 Å². The van der Waals surface area contributed by atoms with Crippen LogP contribution in [0, 0.1) is 12.7 Å². The highest BCUT2D eigenvalue weighted by Crippen LogP contribution is 2.16. The first-order valence-electron chi connectivity index (χ1n) is 6.96. The molecule has 2 aromatic rings. The van der Waals surface area contributed by atoms with Gasteiger partial charge in [-0.3, -0.25) is 10.2 Å². The molecule has 3 N–H and O–H groups in total. The second-order valence-corrected chi connectivity index (χ2v) is 5.89. The number of thiazole rings is 1. The molecular formula is C15H17FN4O2S. The molecule has 122 valence electrons. The normalized spacial score (nSPS) is 11.6. The number of hydrogen-bond acceptors (Lipinski definition) is 4. The van der Waals surface area contributed by atoms with Crippen molar-refractivity contribution in [1.29, 1.82) is 0 Å². The van der Waals surface area contributed by atoms with Crippen molar-refractivity contribution in [1.82, 2.24) is 21.2 Å². The van der Waals surface area contributed by atoms with Crippen LogP contribution in [0.15, 0.2) is 29.6 Å². The van der Waals surface area contributed by atoms with E-state index in [0.717, 1.165) is 10.7 Å². The minimum Gasteiger partial charge on any atom is -0.328 e. The number of amides is 3. The molecule has 6 nitrogen and oxygen atoms in total. The number of rotatable bonds is 4. The van der Waals surface area contributed by atoms with Gasteiger partial charge in [0.25, 0.3) is 0 Å². The second kappa shape index (κ2) is 7.68. The van der Waals surface area contributed by atoms with E-state index >= 15 is 0 Å². The summed E-state index contributed by atoms with van der Waals surface area (Å²) < 4.78 is 12.8. The van der Waals surface area contributed by atoms with Gasteiger partial charge in [-0.05, 0) is 31.5 Å². The third-order valence-electron chi connectivity index (χ3n) is 2.95. The van der Waals surface area contributed by atoms with Crippen LogP contribution in [0.3, 0.4) is 0 Å². The zero-order valence-corrected chi connectivity index (χ0v) is 13.5. The predicted molar refractivity (Wildman–Crippen MR) is 85.2 cm³/mol. The Hall–Kier alpha value is -2.48. The third kappa shape index (κ3) is 5.33. The third-order valence-corrected chi connectivity index (χ3v) is 4.09. The molecule has 0 saturated carbocycles. The summed E-state index contributed by atoms with van der Waals surface area (Å²) in [5.74, 6) is -0.762. The van der Waals surface area contributed by atoms with E-state index in [2.05, 4.69) is 21.2 Å². The van der Waals surface area contributed by atoms with Gasteiger partial charge in [0.05, 0.1) is 12.5 Å². The van der Waals surface area contributed by atoms with Crippen molar-refractivity contribution in [2.45, 2.75) is 26.3 Å². The molecule has 0 radical (unpaired) electrons. The van der Waals surface area contributed by atoms with E-state index in [9.17, 15) is 14.0 Å². The van der Waals surface area contributed by atoms with Gasteiger partial charge >= 0.3 is 6.03 Å². The van der Waals surface area contributed by atoms with Crippen molar-refractivity contribution >= 4 is 23.3 Å². The Kier molecular flexibility index (Phi) is 5.64. The van der Waals surface area contributed by atoms with Crippen LogP contribution in [0.4, 0.5) is 9.18 Å². The van der Waals surface area contributed by atoms with E-state index < -0.39 is 11.9 Å². The quantitative estimate of drug-likeness (QED) is 0.749. The lowest BCUT2D eigenvalue weighted by atomic mass is 10.1. The van der Waals surface area contributed by atoms with Gasteiger partial charge in [0, 0.05) is 11.1 Å². The van der Waals surface area contributed by atoms with E-state index in [0.29, 0.717) is 5.56 Å². The Morgan fingerprint density at radius 2 is 1.96 bits per heavy atom. The number of hydrogen-bond donors (Lipinski definition) is 3. The number of nitrogens with one attached hydrogen (secondary N) is 3. The molecule has 0 fully saturated rings. The van der Waals surface area contributed by atoms with Crippen LogP contribution in [0.2, 0.25) is 0 Å². The fourth-order valence-electron chi connectivity index (χ4n) is 1.82. The first kappa shape index (κ1) is 16.9. The smallest absolute Gasteiger partial charge is 0.328 e. The number of hydrazine groups is 1. The summed E-state index contributed by atoms with van der Waals surface area (Å²) in [6.45, 7) is 3.68.